The SMILES string of the molecule is CC.CC#C/C=C\C=C1/C[C@@H](C)CC(N/N=C/c2cc(Br)cc(Cl)c2O)=N1. The van der Waals surface area contributed by atoms with E-state index in [1.165, 1.54) is 6.21 Å². The average molecular weight is 451 g/mol. The van der Waals surface area contributed by atoms with Crippen LogP contribution >= 0.6 is 27.5 Å². The molecule has 0 aliphatic carbocycles. The number of nitrogens with one attached hydrogen (secondary N) is 1. The van der Waals surface area contributed by atoms with Crippen LogP contribution in [0.5, 0.6) is 5.75 Å². The molecule has 2 N–H and O–H groups in total. The number of aromatic hydroxyl groups is 1. The molecule has 0 saturated carbocycles. The summed E-state index contributed by atoms with van der Waals surface area (Å²) >= 11 is 9.29. The Hall–Kier alpha value is -2.03. The molecule has 27 heavy (non-hydrogen) atoms. The second kappa shape index (κ2) is 12.4. The van der Waals surface area contributed by atoms with Gasteiger partial charge >= 0.3 is 0 Å². The molecule has 0 aromatic heterocycles. The van der Waals surface area contributed by atoms with Crippen LogP contribution in [0, 0.1) is 17.8 Å². The van der Waals surface area contributed by atoms with Crippen LogP contribution in [0.2, 0.25) is 5.02 Å². The maximum atomic E-state index is 9.95. The van der Waals surface area contributed by atoms with Crippen LogP contribution in [0.15, 0.2) is 50.6 Å². The van der Waals surface area contributed by atoms with Crippen LogP contribution in [0.4, 0.5) is 0 Å². The van der Waals surface area contributed by atoms with E-state index in [2.05, 4.69) is 50.2 Å². The first-order valence-corrected chi connectivity index (χ1v) is 9.99. The Morgan fingerprint density at radius 2 is 2.11 bits per heavy atom. The highest BCUT2D eigenvalue weighted by Crippen LogP contribution is 2.30. The van der Waals surface area contributed by atoms with Gasteiger partial charge in [-0.15, -0.1) is 5.92 Å². The van der Waals surface area contributed by atoms with Crippen molar-refractivity contribution in [2.75, 3.05) is 0 Å². The van der Waals surface area contributed by atoms with Crippen molar-refractivity contribution < 1.29 is 5.11 Å². The zero-order valence-electron chi connectivity index (χ0n) is 16.1. The number of aliphatic imine (C=N–C) groups is 1. The summed E-state index contributed by atoms with van der Waals surface area (Å²) in [5.41, 5.74) is 4.46. The summed E-state index contributed by atoms with van der Waals surface area (Å²) in [7, 11) is 0. The van der Waals surface area contributed by atoms with Gasteiger partial charge in [-0.2, -0.15) is 5.10 Å². The summed E-state index contributed by atoms with van der Waals surface area (Å²) in [6, 6.07) is 3.37. The summed E-state index contributed by atoms with van der Waals surface area (Å²) < 4.78 is 0.771. The van der Waals surface area contributed by atoms with Crippen LogP contribution in [0.1, 0.15) is 46.1 Å². The summed E-state index contributed by atoms with van der Waals surface area (Å²) in [6.07, 6.45) is 8.92. The average Bonchev–Trinajstić information content (AvgIpc) is 2.64. The zero-order chi connectivity index (χ0) is 20.2. The van der Waals surface area contributed by atoms with E-state index in [-0.39, 0.29) is 10.8 Å². The topological polar surface area (TPSA) is 57.0 Å². The van der Waals surface area contributed by atoms with Crippen molar-refractivity contribution in [3.63, 3.8) is 0 Å². The molecule has 6 heteroatoms. The summed E-state index contributed by atoms with van der Waals surface area (Å²) in [6.45, 7) is 7.97. The molecule has 2 rings (SSSR count). The molecular weight excluding hydrogens is 426 g/mol. The lowest BCUT2D eigenvalue weighted by Gasteiger charge is -2.19. The fourth-order valence-corrected chi connectivity index (χ4v) is 3.19. The van der Waals surface area contributed by atoms with Gasteiger partial charge in [-0.1, -0.05) is 60.3 Å². The van der Waals surface area contributed by atoms with Crippen molar-refractivity contribution >= 4 is 39.6 Å². The van der Waals surface area contributed by atoms with Gasteiger partial charge in [0.2, 0.25) is 0 Å². The van der Waals surface area contributed by atoms with Gasteiger partial charge in [0.25, 0.3) is 0 Å². The van der Waals surface area contributed by atoms with Gasteiger partial charge in [0, 0.05) is 22.2 Å². The normalized spacial score (nSPS) is 17.9. The molecule has 1 atom stereocenters. The molecular formula is C21H25BrClN3O. The van der Waals surface area contributed by atoms with Crippen LogP contribution in [-0.2, 0) is 0 Å². The molecule has 1 heterocycles. The number of allylic oxidation sites excluding steroid dienone is 4. The number of halogens is 2. The lowest BCUT2D eigenvalue weighted by atomic mass is 9.98. The number of phenols is 1. The molecule has 1 aliphatic heterocycles. The second-order valence-corrected chi connectivity index (χ2v) is 7.00. The van der Waals surface area contributed by atoms with Crippen molar-refractivity contribution in [1.82, 2.24) is 5.43 Å². The van der Waals surface area contributed by atoms with Gasteiger partial charge in [0.15, 0.2) is 0 Å². The molecule has 144 valence electrons. The molecule has 1 aromatic rings. The van der Waals surface area contributed by atoms with Crippen LogP contribution in [0.3, 0.4) is 0 Å². The van der Waals surface area contributed by atoms with E-state index in [1.54, 1.807) is 25.1 Å². The third-order valence-electron chi connectivity index (χ3n) is 3.45. The third kappa shape index (κ3) is 8.03. The number of hydrogen-bond donors (Lipinski definition) is 2. The predicted octanol–water partition coefficient (Wildman–Crippen LogP) is 6.05. The predicted molar refractivity (Wildman–Crippen MR) is 119 cm³/mol. The molecule has 0 spiro atoms. The fourth-order valence-electron chi connectivity index (χ4n) is 2.35. The molecule has 0 unspecified atom stereocenters. The Labute approximate surface area is 175 Å². The third-order valence-corrected chi connectivity index (χ3v) is 4.19. The van der Waals surface area contributed by atoms with E-state index in [0.29, 0.717) is 11.5 Å². The van der Waals surface area contributed by atoms with Crippen molar-refractivity contribution in [2.45, 2.75) is 40.5 Å². The smallest absolute Gasteiger partial charge is 0.143 e. The van der Waals surface area contributed by atoms with Gasteiger partial charge < -0.3 is 5.11 Å². The first-order chi connectivity index (χ1) is 13.0. The monoisotopic (exact) mass is 449 g/mol. The summed E-state index contributed by atoms with van der Waals surface area (Å²) in [4.78, 5) is 4.57. The Bertz CT molecular complexity index is 817. The molecule has 0 saturated heterocycles. The van der Waals surface area contributed by atoms with Crippen molar-refractivity contribution in [3.8, 4) is 17.6 Å². The van der Waals surface area contributed by atoms with Crippen molar-refractivity contribution in [3.05, 3.63) is 51.1 Å². The number of rotatable bonds is 3. The maximum Gasteiger partial charge on any atom is 0.143 e. The van der Waals surface area contributed by atoms with Gasteiger partial charge in [-0.05, 0) is 43.5 Å². The molecule has 0 radical (unpaired) electrons. The van der Waals surface area contributed by atoms with E-state index >= 15 is 0 Å². The summed E-state index contributed by atoms with van der Waals surface area (Å²) in [5.74, 6) is 6.95. The van der Waals surface area contributed by atoms with Crippen molar-refractivity contribution in [2.24, 2.45) is 16.0 Å². The van der Waals surface area contributed by atoms with E-state index < -0.39 is 0 Å². The second-order valence-electron chi connectivity index (χ2n) is 5.68. The van der Waals surface area contributed by atoms with E-state index in [9.17, 15) is 5.11 Å². The molecule has 4 nitrogen and oxygen atoms in total. The number of benzene rings is 1. The lowest BCUT2D eigenvalue weighted by molar-refractivity contribution is 0.474. The lowest BCUT2D eigenvalue weighted by Crippen LogP contribution is -2.24. The van der Waals surface area contributed by atoms with Gasteiger partial charge in [-0.25, -0.2) is 4.99 Å². The molecule has 0 amide bonds. The van der Waals surface area contributed by atoms with E-state index in [0.717, 1.165) is 28.8 Å². The molecule has 1 aromatic carbocycles. The van der Waals surface area contributed by atoms with Gasteiger partial charge in [0.05, 0.1) is 11.2 Å². The number of hydrazone groups is 1. The highest BCUT2D eigenvalue weighted by atomic mass is 79.9. The molecule has 1 aliphatic rings. The van der Waals surface area contributed by atoms with E-state index in [1.807, 2.05) is 26.0 Å². The Balaban J connectivity index is 0.00000176. The highest BCUT2D eigenvalue weighted by Gasteiger charge is 2.15. The molecule has 0 fully saturated rings. The van der Waals surface area contributed by atoms with Crippen LogP contribution in [-0.4, -0.2) is 17.2 Å². The largest absolute Gasteiger partial charge is 0.506 e. The summed E-state index contributed by atoms with van der Waals surface area (Å²) in [5, 5.41) is 14.4. The number of amidine groups is 1. The number of phenolic OH excluding ortho intramolecular Hbond substituents is 1. The number of hydrogen-bond acceptors (Lipinski definition) is 4. The standard InChI is InChI=1S/C19H19BrClN3O.C2H6/c1-3-4-5-6-7-16-8-13(2)9-18(23-16)24-22-12-14-10-15(20)11-17(21)19(14)25;1-2/h5-7,10-13,25H,8-9H2,1-2H3,(H,23,24);1-2H3/b6-5-,16-7+,22-12+;/t13-;/m1./s1. The molecule has 0 bridgehead atoms. The Kier molecular flexibility index (Phi) is 10.5. The number of nitrogens with zero attached hydrogens (tertiary/aromatic N) is 2. The minimum absolute atomic E-state index is 0.00266. The van der Waals surface area contributed by atoms with Crippen molar-refractivity contribution in [1.29, 1.82) is 0 Å². The Morgan fingerprint density at radius 3 is 2.81 bits per heavy atom. The maximum absolute atomic E-state index is 9.95. The first-order valence-electron chi connectivity index (χ1n) is 8.82. The Morgan fingerprint density at radius 1 is 1.37 bits per heavy atom. The van der Waals surface area contributed by atoms with E-state index in [4.69, 9.17) is 11.6 Å². The minimum Gasteiger partial charge on any atom is -0.506 e. The van der Waals surface area contributed by atoms with Gasteiger partial charge in [-0.3, -0.25) is 5.43 Å². The minimum atomic E-state index is -0.00266. The zero-order valence-corrected chi connectivity index (χ0v) is 18.4. The first kappa shape index (κ1) is 23.0. The quantitative estimate of drug-likeness (QED) is 0.334. The highest BCUT2D eigenvalue weighted by molar-refractivity contribution is 9.10. The van der Waals surface area contributed by atoms with Crippen LogP contribution in [0.25, 0.3) is 0 Å². The van der Waals surface area contributed by atoms with Crippen LogP contribution < -0.4 is 5.43 Å². The van der Waals surface area contributed by atoms with Gasteiger partial charge in [0.1, 0.15) is 11.6 Å². The fraction of sp³-hybridized carbons (Fsp3) is 0.333.